The zero-order valence-electron chi connectivity index (χ0n) is 6.02. The Labute approximate surface area is 76.8 Å². The fourth-order valence-corrected chi connectivity index (χ4v) is 2.62. The van der Waals surface area contributed by atoms with Crippen LogP contribution in [0.4, 0.5) is 0 Å². The Morgan fingerprint density at radius 3 is 1.83 bits per heavy atom. The third kappa shape index (κ3) is 0.735. The van der Waals surface area contributed by atoms with E-state index >= 15 is 0 Å². The summed E-state index contributed by atoms with van der Waals surface area (Å²) >= 11 is 3.06. The molecule has 0 aliphatic heterocycles. The standard InChI is InChI=1S/C8H4N2S2/c1-2-8-6(4-10-12-8)5-3-9-11-7(1)5/h1-4H. The summed E-state index contributed by atoms with van der Waals surface area (Å²) in [5, 5.41) is 2.46. The van der Waals surface area contributed by atoms with Gasteiger partial charge in [-0.2, -0.15) is 8.75 Å². The molecule has 0 atom stereocenters. The molecule has 12 heavy (non-hydrogen) atoms. The van der Waals surface area contributed by atoms with E-state index in [9.17, 15) is 0 Å². The predicted octanol–water partition coefficient (Wildman–Crippen LogP) is 2.91. The van der Waals surface area contributed by atoms with Gasteiger partial charge in [0.15, 0.2) is 0 Å². The molecule has 1 aromatic carbocycles. The van der Waals surface area contributed by atoms with E-state index in [2.05, 4.69) is 20.9 Å². The van der Waals surface area contributed by atoms with Crippen molar-refractivity contribution in [1.29, 1.82) is 0 Å². The molecular weight excluding hydrogens is 188 g/mol. The molecule has 0 aliphatic rings. The normalized spacial score (nSPS) is 11.3. The Bertz CT molecular complexity index is 488. The molecule has 0 N–H and O–H groups in total. The lowest BCUT2D eigenvalue weighted by Crippen LogP contribution is -1.63. The van der Waals surface area contributed by atoms with Crippen LogP contribution in [0.3, 0.4) is 0 Å². The molecule has 0 saturated carbocycles. The van der Waals surface area contributed by atoms with Crippen LogP contribution in [-0.2, 0) is 0 Å². The highest BCUT2D eigenvalue weighted by atomic mass is 32.1. The molecule has 0 bridgehead atoms. The first kappa shape index (κ1) is 6.51. The number of fused-ring (bicyclic) bond motifs is 3. The highest BCUT2D eigenvalue weighted by Gasteiger charge is 2.02. The molecule has 3 aromatic rings. The molecule has 2 nitrogen and oxygen atoms in total. The van der Waals surface area contributed by atoms with Crippen molar-refractivity contribution in [3.05, 3.63) is 24.5 Å². The minimum atomic E-state index is 1.23. The number of hydrogen-bond donors (Lipinski definition) is 0. The fraction of sp³-hybridized carbons (Fsp3) is 0. The van der Waals surface area contributed by atoms with Gasteiger partial charge in [0.1, 0.15) is 0 Å². The fourth-order valence-electron chi connectivity index (χ4n) is 1.29. The van der Waals surface area contributed by atoms with Gasteiger partial charge in [-0.05, 0) is 35.2 Å². The summed E-state index contributed by atoms with van der Waals surface area (Å²) in [6, 6.07) is 4.21. The van der Waals surface area contributed by atoms with E-state index in [1.165, 1.54) is 43.2 Å². The second-order valence-electron chi connectivity index (χ2n) is 2.54. The molecule has 2 heterocycles. The maximum Gasteiger partial charge on any atom is 0.0557 e. The van der Waals surface area contributed by atoms with Gasteiger partial charge in [0.25, 0.3) is 0 Å². The minimum Gasteiger partial charge on any atom is -0.200 e. The number of hydrogen-bond acceptors (Lipinski definition) is 4. The Kier molecular flexibility index (Phi) is 1.22. The lowest BCUT2D eigenvalue weighted by molar-refractivity contribution is 1.60. The van der Waals surface area contributed by atoms with Gasteiger partial charge in [0.05, 0.1) is 9.40 Å². The van der Waals surface area contributed by atoms with Gasteiger partial charge in [0, 0.05) is 23.2 Å². The SMILES string of the molecule is c1cc2sncc2c2cnsc12. The third-order valence-corrected chi connectivity index (χ3v) is 3.40. The molecule has 0 spiro atoms. The lowest BCUT2D eigenvalue weighted by Gasteiger charge is -1.87. The third-order valence-electron chi connectivity index (χ3n) is 1.87. The van der Waals surface area contributed by atoms with Crippen molar-refractivity contribution in [3.63, 3.8) is 0 Å². The Balaban J connectivity index is 2.71. The monoisotopic (exact) mass is 192 g/mol. The van der Waals surface area contributed by atoms with Crippen LogP contribution in [0.1, 0.15) is 0 Å². The Morgan fingerprint density at radius 1 is 0.833 bits per heavy atom. The first-order valence-corrected chi connectivity index (χ1v) is 5.07. The van der Waals surface area contributed by atoms with Crippen LogP contribution in [0.25, 0.3) is 20.2 Å². The summed E-state index contributed by atoms with van der Waals surface area (Å²) < 4.78 is 10.8. The molecule has 3 rings (SSSR count). The van der Waals surface area contributed by atoms with Crippen LogP contribution in [0.5, 0.6) is 0 Å². The summed E-state index contributed by atoms with van der Waals surface area (Å²) in [5.74, 6) is 0. The van der Waals surface area contributed by atoms with E-state index in [1.54, 1.807) is 0 Å². The molecule has 0 fully saturated rings. The van der Waals surface area contributed by atoms with Gasteiger partial charge >= 0.3 is 0 Å². The highest BCUT2D eigenvalue weighted by Crippen LogP contribution is 2.28. The maximum absolute atomic E-state index is 4.15. The summed E-state index contributed by atoms with van der Waals surface area (Å²) in [7, 11) is 0. The van der Waals surface area contributed by atoms with Crippen LogP contribution < -0.4 is 0 Å². The second kappa shape index (κ2) is 2.24. The summed E-state index contributed by atoms with van der Waals surface area (Å²) in [4.78, 5) is 0. The largest absolute Gasteiger partial charge is 0.200 e. The molecule has 0 saturated heterocycles. The molecule has 4 heteroatoms. The van der Waals surface area contributed by atoms with Crippen molar-refractivity contribution in [1.82, 2.24) is 8.75 Å². The van der Waals surface area contributed by atoms with E-state index in [-0.39, 0.29) is 0 Å². The average Bonchev–Trinajstić information content (AvgIpc) is 2.71. The molecule has 0 aliphatic carbocycles. The topological polar surface area (TPSA) is 25.8 Å². The average molecular weight is 192 g/mol. The lowest BCUT2D eigenvalue weighted by atomic mass is 10.2. The first-order chi connectivity index (χ1) is 5.95. The van der Waals surface area contributed by atoms with Gasteiger partial charge in [0.2, 0.25) is 0 Å². The van der Waals surface area contributed by atoms with Gasteiger partial charge in [-0.15, -0.1) is 0 Å². The van der Waals surface area contributed by atoms with Crippen LogP contribution in [0.15, 0.2) is 24.5 Å². The first-order valence-electron chi connectivity index (χ1n) is 3.53. The number of rotatable bonds is 0. The quantitative estimate of drug-likeness (QED) is 0.547. The van der Waals surface area contributed by atoms with Gasteiger partial charge in [-0.3, -0.25) is 0 Å². The van der Waals surface area contributed by atoms with Crippen molar-refractivity contribution in [2.45, 2.75) is 0 Å². The molecule has 2 aromatic heterocycles. The molecule has 58 valence electrons. The molecule has 0 unspecified atom stereocenters. The summed E-state index contributed by atoms with van der Waals surface area (Å²) in [6.07, 6.45) is 3.83. The highest BCUT2D eigenvalue weighted by molar-refractivity contribution is 7.15. The van der Waals surface area contributed by atoms with Crippen molar-refractivity contribution in [2.75, 3.05) is 0 Å². The Hall–Kier alpha value is -1.00. The van der Waals surface area contributed by atoms with Crippen LogP contribution in [0.2, 0.25) is 0 Å². The van der Waals surface area contributed by atoms with Crippen molar-refractivity contribution in [2.24, 2.45) is 0 Å². The van der Waals surface area contributed by atoms with Crippen LogP contribution in [0, 0.1) is 0 Å². The summed E-state index contributed by atoms with van der Waals surface area (Å²) in [5.41, 5.74) is 0. The van der Waals surface area contributed by atoms with Crippen molar-refractivity contribution >= 4 is 43.2 Å². The van der Waals surface area contributed by atoms with E-state index in [0.717, 1.165) is 0 Å². The predicted molar refractivity (Wildman–Crippen MR) is 52.8 cm³/mol. The van der Waals surface area contributed by atoms with Gasteiger partial charge in [-0.1, -0.05) is 0 Å². The van der Waals surface area contributed by atoms with Crippen molar-refractivity contribution in [3.8, 4) is 0 Å². The van der Waals surface area contributed by atoms with E-state index < -0.39 is 0 Å². The van der Waals surface area contributed by atoms with E-state index in [4.69, 9.17) is 0 Å². The van der Waals surface area contributed by atoms with Crippen LogP contribution >= 0.6 is 23.1 Å². The second-order valence-corrected chi connectivity index (χ2v) is 4.21. The minimum absolute atomic E-state index is 1.23. The zero-order valence-corrected chi connectivity index (χ0v) is 7.65. The van der Waals surface area contributed by atoms with Gasteiger partial charge in [-0.25, -0.2) is 0 Å². The van der Waals surface area contributed by atoms with E-state index in [1.807, 2.05) is 12.4 Å². The zero-order chi connectivity index (χ0) is 7.97. The van der Waals surface area contributed by atoms with E-state index in [0.29, 0.717) is 0 Å². The van der Waals surface area contributed by atoms with Crippen LogP contribution in [-0.4, -0.2) is 8.75 Å². The van der Waals surface area contributed by atoms with Crippen molar-refractivity contribution < 1.29 is 0 Å². The van der Waals surface area contributed by atoms with Gasteiger partial charge < -0.3 is 0 Å². The molecule has 0 amide bonds. The molecule has 0 radical (unpaired) electrons. The number of aromatic nitrogens is 2. The smallest absolute Gasteiger partial charge is 0.0557 e. The Morgan fingerprint density at radius 2 is 1.33 bits per heavy atom. The molecular formula is C8H4N2S2. The summed E-state index contributed by atoms with van der Waals surface area (Å²) in [6.45, 7) is 0. The maximum atomic E-state index is 4.15. The number of benzene rings is 1. The number of nitrogens with zero attached hydrogens (tertiary/aromatic N) is 2.